The van der Waals surface area contributed by atoms with Gasteiger partial charge in [0.05, 0.1) is 18.7 Å². The summed E-state index contributed by atoms with van der Waals surface area (Å²) in [5.41, 5.74) is 1.92. The number of hydrogen-bond acceptors (Lipinski definition) is 4. The van der Waals surface area contributed by atoms with Crippen molar-refractivity contribution in [2.75, 3.05) is 19.8 Å². The molecule has 106 valence electrons. The predicted octanol–water partition coefficient (Wildman–Crippen LogP) is 3.01. The van der Waals surface area contributed by atoms with E-state index in [0.29, 0.717) is 24.7 Å². The molecule has 1 aromatic carbocycles. The summed E-state index contributed by atoms with van der Waals surface area (Å²) >= 11 is 6.13. The van der Waals surface area contributed by atoms with E-state index in [9.17, 15) is 4.79 Å². The van der Waals surface area contributed by atoms with E-state index in [1.54, 1.807) is 13.1 Å². The van der Waals surface area contributed by atoms with Gasteiger partial charge in [-0.3, -0.25) is 4.98 Å². The van der Waals surface area contributed by atoms with Crippen LogP contribution in [-0.2, 0) is 20.7 Å². The largest absolute Gasteiger partial charge is 0.464 e. The minimum Gasteiger partial charge on any atom is -0.464 e. The molecule has 2 aromatic rings. The number of pyridine rings is 1. The molecule has 1 aromatic heterocycles. The van der Waals surface area contributed by atoms with Gasteiger partial charge in [0, 0.05) is 16.6 Å². The standard InChI is InChI=1S/C15H16ClNO3/c1-2-20-14(18)10-19-9-7-11-5-6-13(16)12-4-3-8-17-15(11)12/h3-6,8H,2,7,9-10H2,1H3. The van der Waals surface area contributed by atoms with Crippen molar-refractivity contribution in [1.29, 1.82) is 0 Å². The molecule has 0 aliphatic rings. The van der Waals surface area contributed by atoms with Crippen LogP contribution in [0.5, 0.6) is 0 Å². The maximum absolute atomic E-state index is 11.1. The number of ether oxygens (including phenoxy) is 2. The number of carbonyl (C=O) groups is 1. The number of carbonyl (C=O) groups excluding carboxylic acids is 1. The summed E-state index contributed by atoms with van der Waals surface area (Å²) < 4.78 is 10.1. The van der Waals surface area contributed by atoms with E-state index >= 15 is 0 Å². The zero-order valence-corrected chi connectivity index (χ0v) is 12.0. The molecule has 0 fully saturated rings. The molecular weight excluding hydrogens is 278 g/mol. The zero-order chi connectivity index (χ0) is 14.4. The Hall–Kier alpha value is -1.65. The smallest absolute Gasteiger partial charge is 0.332 e. The lowest BCUT2D eigenvalue weighted by atomic mass is 10.1. The minimum absolute atomic E-state index is 0.0210. The van der Waals surface area contributed by atoms with Crippen molar-refractivity contribution < 1.29 is 14.3 Å². The van der Waals surface area contributed by atoms with Gasteiger partial charge >= 0.3 is 5.97 Å². The van der Waals surface area contributed by atoms with E-state index < -0.39 is 0 Å². The van der Waals surface area contributed by atoms with E-state index in [-0.39, 0.29) is 12.6 Å². The van der Waals surface area contributed by atoms with Crippen molar-refractivity contribution in [2.24, 2.45) is 0 Å². The summed E-state index contributed by atoms with van der Waals surface area (Å²) in [4.78, 5) is 15.5. The van der Waals surface area contributed by atoms with Crippen LogP contribution in [0.3, 0.4) is 0 Å². The van der Waals surface area contributed by atoms with Gasteiger partial charge in [0.25, 0.3) is 0 Å². The average Bonchev–Trinajstić information content (AvgIpc) is 2.46. The first-order valence-corrected chi connectivity index (χ1v) is 6.85. The van der Waals surface area contributed by atoms with E-state index in [0.717, 1.165) is 16.5 Å². The Balaban J connectivity index is 1.97. The summed E-state index contributed by atoms with van der Waals surface area (Å²) in [7, 11) is 0. The third-order valence-electron chi connectivity index (χ3n) is 2.84. The van der Waals surface area contributed by atoms with Crippen LogP contribution in [0, 0.1) is 0 Å². The van der Waals surface area contributed by atoms with E-state index in [1.165, 1.54) is 0 Å². The van der Waals surface area contributed by atoms with Gasteiger partial charge in [0.15, 0.2) is 0 Å². The van der Waals surface area contributed by atoms with Gasteiger partial charge in [-0.05, 0) is 37.1 Å². The highest BCUT2D eigenvalue weighted by molar-refractivity contribution is 6.35. The Morgan fingerprint density at radius 2 is 2.20 bits per heavy atom. The molecule has 0 saturated carbocycles. The van der Waals surface area contributed by atoms with Crippen LogP contribution in [0.15, 0.2) is 30.5 Å². The quantitative estimate of drug-likeness (QED) is 0.607. The lowest BCUT2D eigenvalue weighted by Gasteiger charge is -2.07. The second kappa shape index (κ2) is 7.22. The molecule has 2 rings (SSSR count). The van der Waals surface area contributed by atoms with Gasteiger partial charge in [-0.2, -0.15) is 0 Å². The van der Waals surface area contributed by atoms with Crippen molar-refractivity contribution in [3.05, 3.63) is 41.0 Å². The van der Waals surface area contributed by atoms with Crippen molar-refractivity contribution in [2.45, 2.75) is 13.3 Å². The van der Waals surface area contributed by atoms with Gasteiger partial charge in [-0.25, -0.2) is 4.79 Å². The zero-order valence-electron chi connectivity index (χ0n) is 11.3. The normalized spacial score (nSPS) is 10.7. The molecule has 0 spiro atoms. The molecule has 0 saturated heterocycles. The third kappa shape index (κ3) is 3.68. The fraction of sp³-hybridized carbons (Fsp3) is 0.333. The summed E-state index contributed by atoms with van der Waals surface area (Å²) in [5, 5.41) is 1.61. The van der Waals surface area contributed by atoms with Gasteiger partial charge in [0.2, 0.25) is 0 Å². The van der Waals surface area contributed by atoms with Crippen molar-refractivity contribution >= 4 is 28.5 Å². The number of halogens is 1. The van der Waals surface area contributed by atoms with Crippen molar-refractivity contribution in [3.63, 3.8) is 0 Å². The summed E-state index contributed by atoms with van der Waals surface area (Å²) in [6.45, 7) is 2.55. The number of benzene rings is 1. The molecule has 0 amide bonds. The fourth-order valence-corrected chi connectivity index (χ4v) is 2.15. The number of hydrogen-bond donors (Lipinski definition) is 0. The first-order chi connectivity index (χ1) is 9.72. The highest BCUT2D eigenvalue weighted by atomic mass is 35.5. The van der Waals surface area contributed by atoms with Gasteiger partial charge in [-0.1, -0.05) is 17.7 Å². The van der Waals surface area contributed by atoms with Crippen LogP contribution in [0.1, 0.15) is 12.5 Å². The molecule has 0 aliphatic heterocycles. The van der Waals surface area contributed by atoms with Gasteiger partial charge < -0.3 is 9.47 Å². The second-order valence-corrected chi connectivity index (χ2v) is 4.62. The Morgan fingerprint density at radius 1 is 1.35 bits per heavy atom. The molecule has 0 aliphatic carbocycles. The predicted molar refractivity (Wildman–Crippen MR) is 77.9 cm³/mol. The molecule has 1 heterocycles. The highest BCUT2D eigenvalue weighted by Gasteiger charge is 2.06. The van der Waals surface area contributed by atoms with E-state index in [2.05, 4.69) is 4.98 Å². The molecular formula is C15H16ClNO3. The number of aromatic nitrogens is 1. The van der Waals surface area contributed by atoms with E-state index in [1.807, 2.05) is 24.3 Å². The van der Waals surface area contributed by atoms with Crippen molar-refractivity contribution in [1.82, 2.24) is 4.98 Å². The number of rotatable bonds is 6. The van der Waals surface area contributed by atoms with Crippen LogP contribution in [-0.4, -0.2) is 30.8 Å². The Labute approximate surface area is 122 Å². The monoisotopic (exact) mass is 293 g/mol. The highest BCUT2D eigenvalue weighted by Crippen LogP contribution is 2.24. The SMILES string of the molecule is CCOC(=O)COCCc1ccc(Cl)c2cccnc12. The average molecular weight is 294 g/mol. The molecule has 0 N–H and O–H groups in total. The Kier molecular flexibility index (Phi) is 5.32. The molecule has 0 unspecified atom stereocenters. The van der Waals surface area contributed by atoms with Crippen LogP contribution < -0.4 is 0 Å². The lowest BCUT2D eigenvalue weighted by Crippen LogP contribution is -2.13. The van der Waals surface area contributed by atoms with Crippen molar-refractivity contribution in [3.8, 4) is 0 Å². The second-order valence-electron chi connectivity index (χ2n) is 4.21. The van der Waals surface area contributed by atoms with Crippen LogP contribution in [0.25, 0.3) is 10.9 Å². The molecule has 0 radical (unpaired) electrons. The molecule has 0 atom stereocenters. The molecule has 5 heteroatoms. The molecule has 0 bridgehead atoms. The first-order valence-electron chi connectivity index (χ1n) is 6.48. The first kappa shape index (κ1) is 14.8. The third-order valence-corrected chi connectivity index (χ3v) is 3.17. The lowest BCUT2D eigenvalue weighted by molar-refractivity contribution is -0.148. The summed E-state index contributed by atoms with van der Waals surface area (Å²) in [6, 6.07) is 7.58. The number of nitrogens with zero attached hydrogens (tertiary/aromatic N) is 1. The summed E-state index contributed by atoms with van der Waals surface area (Å²) in [5.74, 6) is -0.341. The van der Waals surface area contributed by atoms with Gasteiger partial charge in [0.1, 0.15) is 6.61 Å². The molecule has 20 heavy (non-hydrogen) atoms. The summed E-state index contributed by atoms with van der Waals surface area (Å²) in [6.07, 6.45) is 2.41. The minimum atomic E-state index is -0.341. The van der Waals surface area contributed by atoms with Gasteiger partial charge in [-0.15, -0.1) is 0 Å². The number of fused-ring (bicyclic) bond motifs is 1. The maximum atomic E-state index is 11.1. The Bertz CT molecular complexity index is 601. The van der Waals surface area contributed by atoms with Crippen LogP contribution >= 0.6 is 11.6 Å². The fourth-order valence-electron chi connectivity index (χ4n) is 1.94. The Morgan fingerprint density at radius 3 is 3.00 bits per heavy atom. The number of esters is 1. The molecule has 4 nitrogen and oxygen atoms in total. The van der Waals surface area contributed by atoms with E-state index in [4.69, 9.17) is 21.1 Å². The van der Waals surface area contributed by atoms with Crippen LogP contribution in [0.4, 0.5) is 0 Å². The maximum Gasteiger partial charge on any atom is 0.332 e. The van der Waals surface area contributed by atoms with Crippen LogP contribution in [0.2, 0.25) is 5.02 Å². The topological polar surface area (TPSA) is 48.4 Å².